The van der Waals surface area contributed by atoms with Crippen LogP contribution in [0.25, 0.3) is 0 Å². The molecule has 3 aromatic carbocycles. The van der Waals surface area contributed by atoms with Crippen molar-refractivity contribution < 1.29 is 17.4 Å². The lowest BCUT2D eigenvalue weighted by Gasteiger charge is -2.09. The minimum Gasteiger partial charge on any atom is -0.487 e. The molecule has 0 spiro atoms. The molecular formula is C21H19NO4S. The lowest BCUT2D eigenvalue weighted by molar-refractivity contribution is 0.326. The van der Waals surface area contributed by atoms with Gasteiger partial charge in [-0.1, -0.05) is 71.4 Å². The summed E-state index contributed by atoms with van der Waals surface area (Å²) in [5, 5.41) is 3.88. The molecule has 0 bridgehead atoms. The van der Waals surface area contributed by atoms with E-state index < -0.39 is 10.1 Å². The Morgan fingerprint density at radius 3 is 2.07 bits per heavy atom. The Hall–Kier alpha value is -3.12. The van der Waals surface area contributed by atoms with Gasteiger partial charge in [0.1, 0.15) is 23.0 Å². The van der Waals surface area contributed by atoms with Crippen LogP contribution in [-0.2, 0) is 14.4 Å². The highest BCUT2D eigenvalue weighted by Gasteiger charge is 2.16. The average molecular weight is 381 g/mol. The lowest BCUT2D eigenvalue weighted by atomic mass is 10.1. The second kappa shape index (κ2) is 8.51. The minimum atomic E-state index is -4.01. The number of hydrogen-bond donors (Lipinski definition) is 0. The normalized spacial score (nSPS) is 11.8. The molecule has 3 rings (SSSR count). The summed E-state index contributed by atoms with van der Waals surface area (Å²) in [5.74, 6) is 0.655. The molecule has 27 heavy (non-hydrogen) atoms. The number of hydrogen-bond acceptors (Lipinski definition) is 5. The third-order valence-electron chi connectivity index (χ3n) is 3.78. The number of ether oxygens (including phenoxy) is 1. The Morgan fingerprint density at radius 1 is 0.852 bits per heavy atom. The van der Waals surface area contributed by atoms with E-state index in [0.29, 0.717) is 17.0 Å². The third-order valence-corrected chi connectivity index (χ3v) is 4.90. The van der Waals surface area contributed by atoms with Crippen LogP contribution in [0.5, 0.6) is 5.75 Å². The summed E-state index contributed by atoms with van der Waals surface area (Å²) >= 11 is 0. The van der Waals surface area contributed by atoms with Crippen LogP contribution in [0.4, 0.5) is 0 Å². The standard InChI is InChI=1S/C21H19NO4S/c1-17-12-14-20(15-13-17)27(23,24)26-22-21(18-8-4-2-5-9-18)16-25-19-10-6-3-7-11-19/h2-15H,16H2,1H3/b22-21-. The average Bonchev–Trinajstić information content (AvgIpc) is 2.70. The predicted molar refractivity (Wildman–Crippen MR) is 104 cm³/mol. The highest BCUT2D eigenvalue weighted by Crippen LogP contribution is 2.15. The van der Waals surface area contributed by atoms with E-state index >= 15 is 0 Å². The topological polar surface area (TPSA) is 65.0 Å². The Labute approximate surface area is 159 Å². The van der Waals surface area contributed by atoms with Gasteiger partial charge in [-0.3, -0.25) is 4.28 Å². The number of rotatable bonds is 7. The van der Waals surface area contributed by atoms with Gasteiger partial charge in [-0.15, -0.1) is 0 Å². The fourth-order valence-electron chi connectivity index (χ4n) is 2.30. The molecule has 6 heteroatoms. The maximum Gasteiger partial charge on any atom is 0.358 e. The van der Waals surface area contributed by atoms with E-state index in [1.165, 1.54) is 12.1 Å². The summed E-state index contributed by atoms with van der Waals surface area (Å²) in [6.07, 6.45) is 0. The first-order chi connectivity index (χ1) is 13.0. The summed E-state index contributed by atoms with van der Waals surface area (Å²) in [6, 6.07) is 24.8. The van der Waals surface area contributed by atoms with Crippen molar-refractivity contribution in [3.05, 3.63) is 96.1 Å². The van der Waals surface area contributed by atoms with Crippen molar-refractivity contribution in [1.82, 2.24) is 0 Å². The van der Waals surface area contributed by atoms with Crippen LogP contribution in [0.3, 0.4) is 0 Å². The van der Waals surface area contributed by atoms with E-state index in [9.17, 15) is 8.42 Å². The maximum atomic E-state index is 12.4. The van der Waals surface area contributed by atoms with Gasteiger partial charge in [-0.05, 0) is 31.2 Å². The molecule has 0 N–H and O–H groups in total. The second-order valence-corrected chi connectivity index (χ2v) is 7.38. The van der Waals surface area contributed by atoms with Gasteiger partial charge in [-0.2, -0.15) is 8.42 Å². The van der Waals surface area contributed by atoms with Crippen molar-refractivity contribution in [3.63, 3.8) is 0 Å². The van der Waals surface area contributed by atoms with Crippen LogP contribution in [-0.4, -0.2) is 20.7 Å². The monoisotopic (exact) mass is 381 g/mol. The molecule has 0 aliphatic heterocycles. The van der Waals surface area contributed by atoms with Gasteiger partial charge in [0.25, 0.3) is 0 Å². The van der Waals surface area contributed by atoms with Gasteiger partial charge in [0.2, 0.25) is 0 Å². The molecule has 0 aromatic heterocycles. The van der Waals surface area contributed by atoms with Crippen LogP contribution in [0.15, 0.2) is 95.0 Å². The zero-order chi connectivity index (χ0) is 19.1. The zero-order valence-corrected chi connectivity index (χ0v) is 15.6. The van der Waals surface area contributed by atoms with Crippen molar-refractivity contribution >= 4 is 15.8 Å². The Kier molecular flexibility index (Phi) is 5.88. The molecule has 0 unspecified atom stereocenters. The quantitative estimate of drug-likeness (QED) is 0.455. The first-order valence-corrected chi connectivity index (χ1v) is 9.76. The van der Waals surface area contributed by atoms with Gasteiger partial charge in [0.15, 0.2) is 0 Å². The molecule has 0 aliphatic rings. The van der Waals surface area contributed by atoms with Crippen LogP contribution < -0.4 is 4.74 Å². The van der Waals surface area contributed by atoms with Gasteiger partial charge in [0.05, 0.1) is 0 Å². The van der Waals surface area contributed by atoms with Crippen molar-refractivity contribution in [1.29, 1.82) is 0 Å². The molecule has 0 aliphatic carbocycles. The van der Waals surface area contributed by atoms with E-state index in [-0.39, 0.29) is 11.5 Å². The van der Waals surface area contributed by atoms with E-state index in [1.54, 1.807) is 12.1 Å². The molecule has 0 saturated carbocycles. The van der Waals surface area contributed by atoms with E-state index in [4.69, 9.17) is 9.02 Å². The summed E-state index contributed by atoms with van der Waals surface area (Å²) < 4.78 is 35.4. The number of aryl methyl sites for hydroxylation is 1. The molecule has 0 heterocycles. The lowest BCUT2D eigenvalue weighted by Crippen LogP contribution is -2.15. The molecule has 0 radical (unpaired) electrons. The number of nitrogens with zero attached hydrogens (tertiary/aromatic N) is 1. The van der Waals surface area contributed by atoms with Crippen molar-refractivity contribution in [2.45, 2.75) is 11.8 Å². The summed E-state index contributed by atoms with van der Waals surface area (Å²) in [4.78, 5) is 0.0493. The van der Waals surface area contributed by atoms with Gasteiger partial charge in [0, 0.05) is 5.56 Å². The van der Waals surface area contributed by atoms with E-state index in [0.717, 1.165) is 5.56 Å². The molecule has 138 valence electrons. The predicted octanol–water partition coefficient (Wildman–Crippen LogP) is 4.18. The highest BCUT2D eigenvalue weighted by atomic mass is 32.2. The summed E-state index contributed by atoms with van der Waals surface area (Å²) in [6.45, 7) is 1.95. The molecule has 0 fully saturated rings. The van der Waals surface area contributed by atoms with E-state index in [1.807, 2.05) is 67.6 Å². The van der Waals surface area contributed by atoms with E-state index in [2.05, 4.69) is 5.16 Å². The molecule has 3 aromatic rings. The zero-order valence-electron chi connectivity index (χ0n) is 14.8. The summed E-state index contributed by atoms with van der Waals surface area (Å²) in [7, 11) is -4.01. The Balaban J connectivity index is 1.82. The largest absolute Gasteiger partial charge is 0.487 e. The van der Waals surface area contributed by atoms with Gasteiger partial charge >= 0.3 is 10.1 Å². The molecule has 0 atom stereocenters. The minimum absolute atomic E-state index is 0.0493. The molecule has 0 saturated heterocycles. The number of para-hydroxylation sites is 1. The van der Waals surface area contributed by atoms with Crippen LogP contribution >= 0.6 is 0 Å². The van der Waals surface area contributed by atoms with Gasteiger partial charge < -0.3 is 4.74 Å². The smallest absolute Gasteiger partial charge is 0.358 e. The third kappa shape index (κ3) is 5.18. The molecule has 5 nitrogen and oxygen atoms in total. The van der Waals surface area contributed by atoms with Gasteiger partial charge in [-0.25, -0.2) is 0 Å². The first kappa shape index (κ1) is 18.7. The number of benzene rings is 3. The second-order valence-electron chi connectivity index (χ2n) is 5.85. The fourth-order valence-corrected chi connectivity index (χ4v) is 3.05. The molecule has 0 amide bonds. The summed E-state index contributed by atoms with van der Waals surface area (Å²) in [5.41, 5.74) is 2.04. The Bertz CT molecular complexity index is 999. The van der Waals surface area contributed by atoms with Crippen LogP contribution in [0.1, 0.15) is 11.1 Å². The Morgan fingerprint density at radius 2 is 1.44 bits per heavy atom. The van der Waals surface area contributed by atoms with Crippen LogP contribution in [0.2, 0.25) is 0 Å². The van der Waals surface area contributed by atoms with Crippen molar-refractivity contribution in [2.24, 2.45) is 5.16 Å². The molecular weight excluding hydrogens is 362 g/mol. The first-order valence-electron chi connectivity index (χ1n) is 8.35. The SMILES string of the molecule is Cc1ccc(S(=O)(=O)O/N=C(/COc2ccccc2)c2ccccc2)cc1. The van der Waals surface area contributed by atoms with Crippen molar-refractivity contribution in [2.75, 3.05) is 6.61 Å². The number of oxime groups is 1. The highest BCUT2D eigenvalue weighted by molar-refractivity contribution is 7.86. The fraction of sp³-hybridized carbons (Fsp3) is 0.0952. The van der Waals surface area contributed by atoms with Crippen LogP contribution in [0, 0.1) is 6.92 Å². The maximum absolute atomic E-state index is 12.4. The van der Waals surface area contributed by atoms with Crippen molar-refractivity contribution in [3.8, 4) is 5.75 Å².